The maximum atomic E-state index is 10.8. The predicted molar refractivity (Wildman–Crippen MR) is 69.8 cm³/mol. The van der Waals surface area contributed by atoms with Crippen LogP contribution in [0.2, 0.25) is 0 Å². The minimum atomic E-state index is -0.375. The molecule has 1 atom stereocenters. The molecular formula is C12H18N4O2. The highest BCUT2D eigenvalue weighted by Crippen LogP contribution is 2.23. The van der Waals surface area contributed by atoms with Gasteiger partial charge in [0.2, 0.25) is 0 Å². The van der Waals surface area contributed by atoms with Crippen LogP contribution in [0, 0.1) is 16.0 Å². The number of nitrogens with zero attached hydrogens (tertiary/aromatic N) is 3. The Kier molecular flexibility index (Phi) is 4.09. The van der Waals surface area contributed by atoms with E-state index in [1.165, 1.54) is 18.7 Å². The fourth-order valence-electron chi connectivity index (χ4n) is 2.42. The summed E-state index contributed by atoms with van der Waals surface area (Å²) in [6.07, 6.45) is 3.82. The standard InChI is InChI=1S/C12H18N4O2/c1-13-8-10-3-2-6-15(9-10)12-7-11(16(17)18)4-5-14-12/h4-5,7,10,13H,2-3,6,8-9H2,1H3. The molecule has 0 aromatic carbocycles. The third-order valence-corrected chi connectivity index (χ3v) is 3.28. The van der Waals surface area contributed by atoms with Crippen LogP contribution in [0.25, 0.3) is 0 Å². The SMILES string of the molecule is CNCC1CCCN(c2cc([N+](=O)[O-])ccn2)C1. The molecule has 1 fully saturated rings. The van der Waals surface area contributed by atoms with Crippen LogP contribution in [-0.2, 0) is 0 Å². The molecule has 6 nitrogen and oxygen atoms in total. The van der Waals surface area contributed by atoms with Gasteiger partial charge >= 0.3 is 0 Å². The van der Waals surface area contributed by atoms with Crippen molar-refractivity contribution in [2.75, 3.05) is 31.6 Å². The second-order valence-electron chi connectivity index (χ2n) is 4.64. The molecule has 0 radical (unpaired) electrons. The third-order valence-electron chi connectivity index (χ3n) is 3.28. The van der Waals surface area contributed by atoms with Gasteiger partial charge in [-0.05, 0) is 32.4 Å². The van der Waals surface area contributed by atoms with Crippen molar-refractivity contribution in [3.05, 3.63) is 28.4 Å². The molecule has 0 amide bonds. The van der Waals surface area contributed by atoms with Crippen LogP contribution in [-0.4, -0.2) is 36.6 Å². The molecule has 0 aliphatic carbocycles. The van der Waals surface area contributed by atoms with Gasteiger partial charge in [0, 0.05) is 25.4 Å². The summed E-state index contributed by atoms with van der Waals surface area (Å²) < 4.78 is 0. The average Bonchev–Trinajstić information content (AvgIpc) is 2.39. The lowest BCUT2D eigenvalue weighted by Crippen LogP contribution is -2.39. The molecule has 1 aliphatic heterocycles. The third kappa shape index (κ3) is 2.95. The Morgan fingerprint density at radius 3 is 3.22 bits per heavy atom. The molecule has 98 valence electrons. The summed E-state index contributed by atoms with van der Waals surface area (Å²) in [7, 11) is 1.95. The highest BCUT2D eigenvalue weighted by atomic mass is 16.6. The lowest BCUT2D eigenvalue weighted by Gasteiger charge is -2.33. The van der Waals surface area contributed by atoms with Crippen molar-refractivity contribution < 1.29 is 4.92 Å². The Labute approximate surface area is 106 Å². The van der Waals surface area contributed by atoms with Crippen molar-refractivity contribution in [2.45, 2.75) is 12.8 Å². The molecule has 18 heavy (non-hydrogen) atoms. The largest absolute Gasteiger partial charge is 0.356 e. The van der Waals surface area contributed by atoms with E-state index >= 15 is 0 Å². The molecule has 2 heterocycles. The lowest BCUT2D eigenvalue weighted by molar-refractivity contribution is -0.384. The van der Waals surface area contributed by atoms with E-state index in [9.17, 15) is 10.1 Å². The Morgan fingerprint density at radius 1 is 1.67 bits per heavy atom. The van der Waals surface area contributed by atoms with Gasteiger partial charge in [-0.3, -0.25) is 10.1 Å². The van der Waals surface area contributed by atoms with Gasteiger partial charge in [0.05, 0.1) is 11.0 Å². The summed E-state index contributed by atoms with van der Waals surface area (Å²) in [6.45, 7) is 2.81. The number of rotatable bonds is 4. The molecular weight excluding hydrogens is 232 g/mol. The number of hydrogen-bond acceptors (Lipinski definition) is 5. The summed E-state index contributed by atoms with van der Waals surface area (Å²) in [6, 6.07) is 2.99. The predicted octanol–water partition coefficient (Wildman–Crippen LogP) is 1.43. The van der Waals surface area contributed by atoms with E-state index in [0.717, 1.165) is 26.1 Å². The number of nitro groups is 1. The van der Waals surface area contributed by atoms with Gasteiger partial charge in [0.1, 0.15) is 5.82 Å². The molecule has 1 saturated heterocycles. The summed E-state index contributed by atoms with van der Waals surface area (Å²) in [4.78, 5) is 16.8. The summed E-state index contributed by atoms with van der Waals surface area (Å²) in [5.41, 5.74) is 0.107. The van der Waals surface area contributed by atoms with Crippen molar-refractivity contribution in [3.63, 3.8) is 0 Å². The van der Waals surface area contributed by atoms with Gasteiger partial charge < -0.3 is 10.2 Å². The Bertz CT molecular complexity index is 422. The molecule has 1 aromatic rings. The Hall–Kier alpha value is -1.69. The monoisotopic (exact) mass is 250 g/mol. The topological polar surface area (TPSA) is 71.3 Å². The van der Waals surface area contributed by atoms with E-state index in [2.05, 4.69) is 15.2 Å². The van der Waals surface area contributed by atoms with Crippen LogP contribution in [0.5, 0.6) is 0 Å². The first-order chi connectivity index (χ1) is 8.70. The molecule has 0 bridgehead atoms. The zero-order chi connectivity index (χ0) is 13.0. The van der Waals surface area contributed by atoms with E-state index in [1.54, 1.807) is 6.07 Å². The van der Waals surface area contributed by atoms with Crippen LogP contribution >= 0.6 is 0 Å². The maximum Gasteiger partial charge on any atom is 0.274 e. The van der Waals surface area contributed by atoms with Crippen molar-refractivity contribution in [1.29, 1.82) is 0 Å². The van der Waals surface area contributed by atoms with E-state index in [-0.39, 0.29) is 10.6 Å². The van der Waals surface area contributed by atoms with Gasteiger partial charge in [0.15, 0.2) is 0 Å². The van der Waals surface area contributed by atoms with Crippen LogP contribution < -0.4 is 10.2 Å². The molecule has 6 heteroatoms. The molecule has 1 aliphatic rings. The number of pyridine rings is 1. The lowest BCUT2D eigenvalue weighted by atomic mass is 9.98. The van der Waals surface area contributed by atoms with E-state index in [4.69, 9.17) is 0 Å². The van der Waals surface area contributed by atoms with Crippen molar-refractivity contribution in [2.24, 2.45) is 5.92 Å². The molecule has 1 unspecified atom stereocenters. The fraction of sp³-hybridized carbons (Fsp3) is 0.583. The van der Waals surface area contributed by atoms with Gasteiger partial charge in [-0.1, -0.05) is 0 Å². The van der Waals surface area contributed by atoms with Crippen molar-refractivity contribution >= 4 is 11.5 Å². The molecule has 1 N–H and O–H groups in total. The van der Waals surface area contributed by atoms with Gasteiger partial charge in [-0.2, -0.15) is 0 Å². The van der Waals surface area contributed by atoms with Crippen molar-refractivity contribution in [1.82, 2.24) is 10.3 Å². The Balaban J connectivity index is 2.10. The molecule has 0 saturated carbocycles. The fourth-order valence-corrected chi connectivity index (χ4v) is 2.42. The highest BCUT2D eigenvalue weighted by Gasteiger charge is 2.21. The van der Waals surface area contributed by atoms with Gasteiger partial charge in [0.25, 0.3) is 5.69 Å². The normalized spacial score (nSPS) is 19.8. The van der Waals surface area contributed by atoms with Gasteiger partial charge in [-0.15, -0.1) is 0 Å². The maximum absolute atomic E-state index is 10.8. The molecule has 2 rings (SSSR count). The van der Waals surface area contributed by atoms with E-state index < -0.39 is 0 Å². The summed E-state index contributed by atoms with van der Waals surface area (Å²) in [5, 5.41) is 13.9. The first-order valence-corrected chi connectivity index (χ1v) is 6.20. The second kappa shape index (κ2) is 5.77. The smallest absolute Gasteiger partial charge is 0.274 e. The van der Waals surface area contributed by atoms with Crippen LogP contribution in [0.15, 0.2) is 18.3 Å². The zero-order valence-electron chi connectivity index (χ0n) is 10.5. The van der Waals surface area contributed by atoms with Gasteiger partial charge in [-0.25, -0.2) is 4.98 Å². The van der Waals surface area contributed by atoms with Crippen LogP contribution in [0.1, 0.15) is 12.8 Å². The summed E-state index contributed by atoms with van der Waals surface area (Å²) in [5.74, 6) is 1.30. The van der Waals surface area contributed by atoms with Crippen LogP contribution in [0.3, 0.4) is 0 Å². The Morgan fingerprint density at radius 2 is 2.50 bits per heavy atom. The van der Waals surface area contributed by atoms with Crippen molar-refractivity contribution in [3.8, 4) is 0 Å². The highest BCUT2D eigenvalue weighted by molar-refractivity contribution is 5.46. The number of hydrogen-bond donors (Lipinski definition) is 1. The number of piperidine rings is 1. The van der Waals surface area contributed by atoms with E-state index in [1.807, 2.05) is 7.05 Å². The minimum absolute atomic E-state index is 0.107. The number of anilines is 1. The number of aromatic nitrogens is 1. The van der Waals surface area contributed by atoms with Crippen LogP contribution in [0.4, 0.5) is 11.5 Å². The molecule has 1 aromatic heterocycles. The quantitative estimate of drug-likeness (QED) is 0.646. The first kappa shape index (κ1) is 12.8. The minimum Gasteiger partial charge on any atom is -0.356 e. The second-order valence-corrected chi connectivity index (χ2v) is 4.64. The average molecular weight is 250 g/mol. The van der Waals surface area contributed by atoms with E-state index in [0.29, 0.717) is 11.7 Å². The number of nitrogens with one attached hydrogen (secondary N) is 1. The summed E-state index contributed by atoms with van der Waals surface area (Å²) >= 11 is 0. The zero-order valence-corrected chi connectivity index (χ0v) is 10.5. The molecule has 0 spiro atoms. The first-order valence-electron chi connectivity index (χ1n) is 6.20.